The van der Waals surface area contributed by atoms with E-state index in [9.17, 15) is 0 Å². The van der Waals surface area contributed by atoms with Crippen LogP contribution in [0.4, 0.5) is 0 Å². The second-order valence-electron chi connectivity index (χ2n) is 13.4. The highest BCUT2D eigenvalue weighted by atomic mass is 15.0. The minimum atomic E-state index is 0.504. The normalized spacial score (nSPS) is 12.5. The molecule has 2 heteroatoms. The average molecular weight is 679 g/mol. The van der Waals surface area contributed by atoms with Crippen LogP contribution in [-0.4, -0.2) is 9.13 Å². The molecule has 0 saturated heterocycles. The highest BCUT2D eigenvalue weighted by Gasteiger charge is 2.18. The zero-order chi connectivity index (χ0) is 36.8. The monoisotopic (exact) mass is 678 g/mol. The van der Waals surface area contributed by atoms with Crippen molar-refractivity contribution in [2.24, 2.45) is 0 Å². The van der Waals surface area contributed by atoms with E-state index in [2.05, 4.69) is 203 Å². The van der Waals surface area contributed by atoms with Crippen LogP contribution >= 0.6 is 0 Å². The summed E-state index contributed by atoms with van der Waals surface area (Å²) in [5, 5.41) is 3.72. The summed E-state index contributed by atoms with van der Waals surface area (Å²) in [5.41, 5.74) is 14.8. The zero-order valence-electron chi connectivity index (χ0n) is 31.5. The van der Waals surface area contributed by atoms with Gasteiger partial charge < -0.3 is 9.13 Å². The maximum Gasteiger partial charge on any atom is 0.0542 e. The maximum atomic E-state index is 4.14. The van der Waals surface area contributed by atoms with Crippen LogP contribution in [0.5, 0.6) is 0 Å². The Morgan fingerprint density at radius 1 is 0.692 bits per heavy atom. The summed E-state index contributed by atoms with van der Waals surface area (Å²) >= 11 is 0. The Hall–Kier alpha value is -5.86. The number of hydrogen-bond acceptors (Lipinski definition) is 0. The molecule has 0 unspecified atom stereocenters. The fourth-order valence-electron chi connectivity index (χ4n) is 7.33. The van der Waals surface area contributed by atoms with Crippen molar-refractivity contribution in [3.05, 3.63) is 181 Å². The van der Waals surface area contributed by atoms with Crippen molar-refractivity contribution < 1.29 is 0 Å². The van der Waals surface area contributed by atoms with E-state index in [1.54, 1.807) is 0 Å². The molecule has 1 atom stereocenters. The second kappa shape index (κ2) is 16.0. The van der Waals surface area contributed by atoms with Crippen LogP contribution in [0.2, 0.25) is 0 Å². The smallest absolute Gasteiger partial charge is 0.0542 e. The van der Waals surface area contributed by atoms with Crippen LogP contribution in [0, 0.1) is 13.8 Å². The lowest BCUT2D eigenvalue weighted by atomic mass is 9.97. The SMILES string of the molecule is C=C/C=C(\C=C/C)n1c2ccc([C@H](C)CC)cc2c2cc(-n3c(/C=C\C)c(C=C)c4ccccc43)ccc21.Cc1ccccc1-c1ccccc1C. The molecule has 0 N–H and O–H groups in total. The van der Waals surface area contributed by atoms with E-state index < -0.39 is 0 Å². The number of aromatic nitrogens is 2. The molecule has 0 aliphatic rings. The standard InChI is InChI=1S/C36H36N2.C14H14/c1-7-14-27(15-8-2)37-35-21-19-26(25(6)10-4)23-31(35)32-24-28(20-22-36(32)37)38-33(16-9-3)29(11-5)30-17-12-13-18-34(30)38;1-11-7-3-5-9-13(11)14-10-6-4-8-12(14)2/h7-9,11-25H,1,5,10H2,2-4,6H3;3-10H,1-2H3/b15-8-,16-9-,27-14+;/t25-;/m1./s1. The molecule has 0 aliphatic heterocycles. The maximum absolute atomic E-state index is 4.14. The summed E-state index contributed by atoms with van der Waals surface area (Å²) < 4.78 is 4.71. The first-order valence-corrected chi connectivity index (χ1v) is 18.4. The number of fused-ring (bicyclic) bond motifs is 4. The van der Waals surface area contributed by atoms with Crippen LogP contribution < -0.4 is 0 Å². The lowest BCUT2D eigenvalue weighted by Gasteiger charge is -2.12. The summed E-state index contributed by atoms with van der Waals surface area (Å²) in [6.07, 6.45) is 15.5. The third kappa shape index (κ3) is 6.77. The van der Waals surface area contributed by atoms with E-state index in [4.69, 9.17) is 0 Å². The highest BCUT2D eigenvalue weighted by Crippen LogP contribution is 2.38. The van der Waals surface area contributed by atoms with E-state index >= 15 is 0 Å². The van der Waals surface area contributed by atoms with Crippen molar-refractivity contribution in [2.45, 2.75) is 53.9 Å². The van der Waals surface area contributed by atoms with Gasteiger partial charge in [0.2, 0.25) is 0 Å². The second-order valence-corrected chi connectivity index (χ2v) is 13.4. The lowest BCUT2D eigenvalue weighted by Crippen LogP contribution is -1.98. The predicted octanol–water partition coefficient (Wildman–Crippen LogP) is 14.5. The van der Waals surface area contributed by atoms with Crippen molar-refractivity contribution in [2.75, 3.05) is 0 Å². The fraction of sp³-hybridized carbons (Fsp3) is 0.160. The summed E-state index contributed by atoms with van der Waals surface area (Å²) in [7, 11) is 0. The molecule has 52 heavy (non-hydrogen) atoms. The molecule has 0 aliphatic carbocycles. The number of aryl methyl sites for hydroxylation is 2. The van der Waals surface area contributed by atoms with Gasteiger partial charge in [0.1, 0.15) is 0 Å². The third-order valence-corrected chi connectivity index (χ3v) is 10.2. The molecule has 2 heterocycles. The molecule has 0 saturated carbocycles. The molecule has 0 radical (unpaired) electrons. The highest BCUT2D eigenvalue weighted by molar-refractivity contribution is 6.11. The van der Waals surface area contributed by atoms with Gasteiger partial charge in [-0.1, -0.05) is 124 Å². The van der Waals surface area contributed by atoms with Crippen molar-refractivity contribution in [1.29, 1.82) is 0 Å². The minimum absolute atomic E-state index is 0.504. The Balaban J connectivity index is 0.000000276. The Morgan fingerprint density at radius 3 is 1.90 bits per heavy atom. The molecule has 2 aromatic heterocycles. The first kappa shape index (κ1) is 35.9. The molecular formula is C50H50N2. The van der Waals surface area contributed by atoms with Gasteiger partial charge in [-0.25, -0.2) is 0 Å². The number of para-hydroxylation sites is 1. The van der Waals surface area contributed by atoms with Crippen LogP contribution in [0.3, 0.4) is 0 Å². The summed E-state index contributed by atoms with van der Waals surface area (Å²) in [6.45, 7) is 21.1. The molecule has 5 aromatic carbocycles. The average Bonchev–Trinajstić information content (AvgIpc) is 3.66. The summed E-state index contributed by atoms with van der Waals surface area (Å²) in [6, 6.07) is 39.4. The van der Waals surface area contributed by atoms with Crippen LogP contribution in [0.1, 0.15) is 68.0 Å². The van der Waals surface area contributed by atoms with Gasteiger partial charge in [0, 0.05) is 33.1 Å². The Bertz CT molecular complexity index is 2450. The molecule has 2 nitrogen and oxygen atoms in total. The van der Waals surface area contributed by atoms with E-state index in [1.807, 2.05) is 12.2 Å². The fourth-order valence-corrected chi connectivity index (χ4v) is 7.33. The van der Waals surface area contributed by atoms with Gasteiger partial charge in [-0.2, -0.15) is 0 Å². The molecule has 0 amide bonds. The van der Waals surface area contributed by atoms with Crippen molar-refractivity contribution in [3.63, 3.8) is 0 Å². The van der Waals surface area contributed by atoms with E-state index in [-0.39, 0.29) is 0 Å². The Morgan fingerprint density at radius 2 is 1.31 bits per heavy atom. The minimum Gasteiger partial charge on any atom is -0.309 e. The molecule has 260 valence electrons. The van der Waals surface area contributed by atoms with Gasteiger partial charge in [-0.15, -0.1) is 0 Å². The summed E-state index contributed by atoms with van der Waals surface area (Å²) in [5.74, 6) is 0.504. The summed E-state index contributed by atoms with van der Waals surface area (Å²) in [4.78, 5) is 0. The van der Waals surface area contributed by atoms with Gasteiger partial charge in [-0.3, -0.25) is 0 Å². The lowest BCUT2D eigenvalue weighted by molar-refractivity contribution is 0.735. The quantitative estimate of drug-likeness (QED) is 0.135. The van der Waals surface area contributed by atoms with Gasteiger partial charge in [0.25, 0.3) is 0 Å². The molecule has 7 aromatic rings. The molecular weight excluding hydrogens is 629 g/mol. The van der Waals surface area contributed by atoms with Crippen LogP contribution in [0.15, 0.2) is 153 Å². The van der Waals surface area contributed by atoms with E-state index in [0.717, 1.165) is 29.1 Å². The first-order chi connectivity index (χ1) is 25.4. The van der Waals surface area contributed by atoms with Crippen LogP contribution in [0.25, 0.3) is 67.4 Å². The largest absolute Gasteiger partial charge is 0.309 e. The number of nitrogens with zero attached hydrogens (tertiary/aromatic N) is 2. The Kier molecular flexibility index (Phi) is 11.1. The molecule has 7 rings (SSSR count). The Labute approximate surface area is 310 Å². The zero-order valence-corrected chi connectivity index (χ0v) is 31.5. The number of hydrogen-bond donors (Lipinski definition) is 0. The van der Waals surface area contributed by atoms with Crippen molar-refractivity contribution >= 4 is 50.6 Å². The molecule has 0 fully saturated rings. The first-order valence-electron chi connectivity index (χ1n) is 18.4. The van der Waals surface area contributed by atoms with Gasteiger partial charge in [0.05, 0.1) is 22.2 Å². The molecule has 0 spiro atoms. The number of benzene rings is 5. The third-order valence-electron chi connectivity index (χ3n) is 10.2. The van der Waals surface area contributed by atoms with Gasteiger partial charge in [-0.05, 0) is 122 Å². The topological polar surface area (TPSA) is 9.86 Å². The molecule has 0 bridgehead atoms. The van der Waals surface area contributed by atoms with E-state index in [0.29, 0.717) is 5.92 Å². The van der Waals surface area contributed by atoms with Crippen molar-refractivity contribution in [3.8, 4) is 16.8 Å². The van der Waals surface area contributed by atoms with Crippen LogP contribution in [-0.2, 0) is 0 Å². The number of rotatable bonds is 9. The van der Waals surface area contributed by atoms with Gasteiger partial charge >= 0.3 is 0 Å². The van der Waals surface area contributed by atoms with Crippen molar-refractivity contribution in [1.82, 2.24) is 9.13 Å². The predicted molar refractivity (Wildman–Crippen MR) is 230 cm³/mol. The number of allylic oxidation sites excluding steroid dienone is 6. The van der Waals surface area contributed by atoms with E-state index in [1.165, 1.54) is 60.5 Å². The van der Waals surface area contributed by atoms with Gasteiger partial charge in [0.15, 0.2) is 0 Å².